The van der Waals surface area contributed by atoms with E-state index in [0.717, 1.165) is 46.1 Å². The van der Waals surface area contributed by atoms with Crippen molar-refractivity contribution in [3.63, 3.8) is 0 Å². The second-order valence-corrected chi connectivity index (χ2v) is 7.51. The summed E-state index contributed by atoms with van der Waals surface area (Å²) < 4.78 is 7.44. The average molecular weight is 393 g/mol. The molecule has 4 nitrogen and oxygen atoms in total. The molecule has 2 heterocycles. The van der Waals surface area contributed by atoms with Gasteiger partial charge in [-0.2, -0.15) is 5.10 Å². The van der Waals surface area contributed by atoms with Gasteiger partial charge in [0.25, 0.3) is 0 Å². The number of aliphatic imine (C=N–C) groups is 1. The monoisotopic (exact) mass is 393 g/mol. The molecular weight excluding hydrogens is 370 g/mol. The molecule has 30 heavy (non-hydrogen) atoms. The molecule has 3 aromatic carbocycles. The minimum atomic E-state index is 0.0785. The molecule has 1 unspecified atom stereocenters. The average Bonchev–Trinajstić information content (AvgIpc) is 3.15. The smallest absolute Gasteiger partial charge is 0.159 e. The number of nitrogens with zero attached hydrogens (tertiary/aromatic N) is 3. The maximum atomic E-state index is 5.35. The minimum absolute atomic E-state index is 0.0785. The van der Waals surface area contributed by atoms with Gasteiger partial charge in [-0.3, -0.25) is 0 Å². The van der Waals surface area contributed by atoms with Gasteiger partial charge in [0, 0.05) is 12.0 Å². The van der Waals surface area contributed by atoms with Crippen LogP contribution in [0.3, 0.4) is 0 Å². The van der Waals surface area contributed by atoms with Gasteiger partial charge in [0.2, 0.25) is 0 Å². The maximum Gasteiger partial charge on any atom is 0.159 e. The van der Waals surface area contributed by atoms with E-state index in [2.05, 4.69) is 72.3 Å². The van der Waals surface area contributed by atoms with Crippen molar-refractivity contribution in [2.75, 3.05) is 7.11 Å². The first-order valence-corrected chi connectivity index (χ1v) is 10.2. The molecule has 0 aliphatic carbocycles. The molecule has 5 rings (SSSR count). The third-order valence-electron chi connectivity index (χ3n) is 5.65. The SMILES string of the molecule is COc1ccc(C2CC(c3ccccc3)=Nc3c(-c4ccccc4)c(C)nn32)cc1. The second-order valence-electron chi connectivity index (χ2n) is 7.51. The summed E-state index contributed by atoms with van der Waals surface area (Å²) in [6.07, 6.45) is 0.790. The highest BCUT2D eigenvalue weighted by Crippen LogP contribution is 2.41. The van der Waals surface area contributed by atoms with Gasteiger partial charge in [-0.15, -0.1) is 0 Å². The molecule has 0 saturated heterocycles. The molecule has 148 valence electrons. The van der Waals surface area contributed by atoms with Gasteiger partial charge in [-0.05, 0) is 35.7 Å². The highest BCUT2D eigenvalue weighted by Gasteiger charge is 2.29. The first-order chi connectivity index (χ1) is 14.7. The number of hydrogen-bond donors (Lipinski definition) is 0. The summed E-state index contributed by atoms with van der Waals surface area (Å²) in [5, 5.41) is 4.93. The third-order valence-corrected chi connectivity index (χ3v) is 5.65. The fourth-order valence-electron chi connectivity index (χ4n) is 4.14. The molecule has 4 aromatic rings. The van der Waals surface area contributed by atoms with E-state index in [0.29, 0.717) is 0 Å². The summed E-state index contributed by atoms with van der Waals surface area (Å²) in [5.41, 5.74) is 6.67. The Morgan fingerprint density at radius 1 is 0.833 bits per heavy atom. The van der Waals surface area contributed by atoms with Crippen LogP contribution in [0.15, 0.2) is 89.9 Å². The van der Waals surface area contributed by atoms with Crippen molar-refractivity contribution >= 4 is 11.5 Å². The number of ether oxygens (including phenoxy) is 1. The van der Waals surface area contributed by atoms with E-state index in [4.69, 9.17) is 14.8 Å². The number of fused-ring (bicyclic) bond motifs is 1. The normalized spacial score (nSPS) is 15.4. The molecule has 4 heteroatoms. The summed E-state index contributed by atoms with van der Waals surface area (Å²) in [6.45, 7) is 2.07. The van der Waals surface area contributed by atoms with E-state index in [1.807, 2.05) is 24.3 Å². The number of benzene rings is 3. The van der Waals surface area contributed by atoms with E-state index in [9.17, 15) is 0 Å². The molecule has 0 bridgehead atoms. The Labute approximate surface area is 176 Å². The van der Waals surface area contributed by atoms with Gasteiger partial charge in [-0.25, -0.2) is 9.67 Å². The Bertz CT molecular complexity index is 1190. The molecule has 1 aliphatic heterocycles. The molecule has 1 aliphatic rings. The number of aryl methyl sites for hydroxylation is 1. The topological polar surface area (TPSA) is 39.4 Å². The van der Waals surface area contributed by atoms with Crippen molar-refractivity contribution in [1.29, 1.82) is 0 Å². The quantitative estimate of drug-likeness (QED) is 0.428. The summed E-state index contributed by atoms with van der Waals surface area (Å²) in [7, 11) is 1.69. The summed E-state index contributed by atoms with van der Waals surface area (Å²) in [6, 6.07) is 29.2. The van der Waals surface area contributed by atoms with Gasteiger partial charge >= 0.3 is 0 Å². The van der Waals surface area contributed by atoms with Crippen molar-refractivity contribution < 1.29 is 4.74 Å². The number of methoxy groups -OCH3 is 1. The van der Waals surface area contributed by atoms with Crippen LogP contribution in [0.2, 0.25) is 0 Å². The molecule has 0 saturated carbocycles. The van der Waals surface area contributed by atoms with Crippen LogP contribution in [0.1, 0.15) is 29.3 Å². The third kappa shape index (κ3) is 3.20. The van der Waals surface area contributed by atoms with Crippen LogP contribution in [0.25, 0.3) is 11.1 Å². The van der Waals surface area contributed by atoms with Crippen molar-refractivity contribution in [1.82, 2.24) is 9.78 Å². The van der Waals surface area contributed by atoms with Gasteiger partial charge < -0.3 is 4.74 Å². The summed E-state index contributed by atoms with van der Waals surface area (Å²) in [4.78, 5) is 5.11. The number of aromatic nitrogens is 2. The van der Waals surface area contributed by atoms with Crippen molar-refractivity contribution in [3.8, 4) is 16.9 Å². The van der Waals surface area contributed by atoms with Crippen LogP contribution < -0.4 is 4.74 Å². The van der Waals surface area contributed by atoms with E-state index in [-0.39, 0.29) is 6.04 Å². The highest BCUT2D eigenvalue weighted by atomic mass is 16.5. The van der Waals surface area contributed by atoms with Gasteiger partial charge in [-0.1, -0.05) is 72.8 Å². The number of rotatable bonds is 4. The van der Waals surface area contributed by atoms with Gasteiger partial charge in [0.1, 0.15) is 5.75 Å². The highest BCUT2D eigenvalue weighted by molar-refractivity contribution is 6.04. The van der Waals surface area contributed by atoms with E-state index < -0.39 is 0 Å². The van der Waals surface area contributed by atoms with Crippen LogP contribution in [0, 0.1) is 6.92 Å². The van der Waals surface area contributed by atoms with Crippen LogP contribution in [0.4, 0.5) is 5.82 Å². The first kappa shape index (κ1) is 18.4. The lowest BCUT2D eigenvalue weighted by Gasteiger charge is -2.25. The standard InChI is InChI=1S/C26H23N3O/c1-18-25(21-11-7-4-8-12-21)26-27-23(19-9-5-3-6-10-19)17-24(29(26)28-18)20-13-15-22(30-2)16-14-20/h3-16,24H,17H2,1-2H3. The lowest BCUT2D eigenvalue weighted by atomic mass is 9.95. The molecular formula is C26H23N3O. The second kappa shape index (κ2) is 7.64. The fourth-order valence-corrected chi connectivity index (χ4v) is 4.14. The van der Waals surface area contributed by atoms with Gasteiger partial charge in [0.05, 0.1) is 24.6 Å². The van der Waals surface area contributed by atoms with Gasteiger partial charge in [0.15, 0.2) is 5.82 Å². The van der Waals surface area contributed by atoms with Crippen LogP contribution in [-0.4, -0.2) is 22.6 Å². The zero-order valence-corrected chi connectivity index (χ0v) is 17.1. The molecule has 0 spiro atoms. The molecule has 0 fully saturated rings. The lowest BCUT2D eigenvalue weighted by molar-refractivity contribution is 0.414. The lowest BCUT2D eigenvalue weighted by Crippen LogP contribution is -2.21. The maximum absolute atomic E-state index is 5.35. The molecule has 1 aromatic heterocycles. The Balaban J connectivity index is 1.70. The first-order valence-electron chi connectivity index (χ1n) is 10.2. The molecule has 0 N–H and O–H groups in total. The Hall–Kier alpha value is -3.66. The van der Waals surface area contributed by atoms with Crippen molar-refractivity contribution in [3.05, 3.63) is 102 Å². The van der Waals surface area contributed by atoms with E-state index in [1.54, 1.807) is 7.11 Å². The Morgan fingerprint density at radius 2 is 1.47 bits per heavy atom. The number of hydrogen-bond acceptors (Lipinski definition) is 3. The Kier molecular flexibility index (Phi) is 4.68. The van der Waals surface area contributed by atoms with E-state index >= 15 is 0 Å². The zero-order valence-electron chi connectivity index (χ0n) is 17.1. The van der Waals surface area contributed by atoms with Crippen LogP contribution in [-0.2, 0) is 0 Å². The summed E-state index contributed by atoms with van der Waals surface area (Å²) >= 11 is 0. The van der Waals surface area contributed by atoms with E-state index in [1.165, 1.54) is 5.56 Å². The summed E-state index contributed by atoms with van der Waals surface area (Å²) in [5.74, 6) is 1.78. The van der Waals surface area contributed by atoms with Crippen molar-refractivity contribution in [2.45, 2.75) is 19.4 Å². The molecule has 1 atom stereocenters. The molecule has 0 radical (unpaired) electrons. The zero-order chi connectivity index (χ0) is 20.5. The van der Waals surface area contributed by atoms with Crippen LogP contribution >= 0.6 is 0 Å². The predicted molar refractivity (Wildman–Crippen MR) is 121 cm³/mol. The van der Waals surface area contributed by atoms with Crippen LogP contribution in [0.5, 0.6) is 5.75 Å². The molecule has 0 amide bonds. The predicted octanol–water partition coefficient (Wildman–Crippen LogP) is 5.98. The minimum Gasteiger partial charge on any atom is -0.497 e. The fraction of sp³-hybridized carbons (Fsp3) is 0.154. The van der Waals surface area contributed by atoms with Crippen molar-refractivity contribution in [2.24, 2.45) is 4.99 Å². The largest absolute Gasteiger partial charge is 0.497 e. The Morgan fingerprint density at radius 3 is 2.10 bits per heavy atom.